The van der Waals surface area contributed by atoms with Gasteiger partial charge in [-0.1, -0.05) is 32.0 Å². The number of carbonyl (C=O) groups excluding carboxylic acids is 1. The van der Waals surface area contributed by atoms with Gasteiger partial charge in [0.05, 0.1) is 12.7 Å². The first-order valence-corrected chi connectivity index (χ1v) is 9.78. The molecule has 0 heterocycles. The van der Waals surface area contributed by atoms with E-state index in [4.69, 9.17) is 15.2 Å². The number of nitrogens with two attached hydrogens (primary N) is 1. The molecule has 1 aliphatic rings. The average Bonchev–Trinajstić information content (AvgIpc) is 2.63. The van der Waals surface area contributed by atoms with Gasteiger partial charge in [-0.3, -0.25) is 4.79 Å². The summed E-state index contributed by atoms with van der Waals surface area (Å²) in [5.41, 5.74) is 7.17. The fraction of sp³-hybridized carbons (Fsp3) is 0.667. The molecule has 0 saturated heterocycles. The molecule has 1 aromatic carbocycles. The van der Waals surface area contributed by atoms with Crippen molar-refractivity contribution in [1.29, 1.82) is 0 Å². The lowest BCUT2D eigenvalue weighted by Gasteiger charge is -2.32. The molecule has 0 aliphatic heterocycles. The fourth-order valence-corrected chi connectivity index (χ4v) is 3.38. The van der Waals surface area contributed by atoms with Gasteiger partial charge in [-0.05, 0) is 49.7 Å². The predicted octanol–water partition coefficient (Wildman–Crippen LogP) is 2.91. The molecule has 1 aromatic rings. The highest BCUT2D eigenvalue weighted by Gasteiger charge is 2.31. The van der Waals surface area contributed by atoms with Crippen molar-refractivity contribution < 1.29 is 14.3 Å². The summed E-state index contributed by atoms with van der Waals surface area (Å²) in [5, 5.41) is 3.07. The van der Waals surface area contributed by atoms with Gasteiger partial charge in [0.1, 0.15) is 5.75 Å². The zero-order valence-corrected chi connectivity index (χ0v) is 16.4. The number of hydrogen-bond acceptors (Lipinski definition) is 4. The van der Waals surface area contributed by atoms with Crippen LogP contribution in [0.5, 0.6) is 5.75 Å². The minimum atomic E-state index is -0.0189. The second kappa shape index (κ2) is 10.5. The molecular formula is C21H34N2O3. The van der Waals surface area contributed by atoms with E-state index in [0.29, 0.717) is 18.9 Å². The molecular weight excluding hydrogens is 328 g/mol. The molecule has 1 saturated carbocycles. The van der Waals surface area contributed by atoms with Crippen LogP contribution in [0.4, 0.5) is 0 Å². The number of benzene rings is 1. The summed E-state index contributed by atoms with van der Waals surface area (Å²) in [5.74, 6) is 1.65. The number of ether oxygens (including phenoxy) is 2. The molecule has 1 aliphatic carbocycles. The minimum Gasteiger partial charge on any atom is -0.493 e. The Hall–Kier alpha value is -1.59. The van der Waals surface area contributed by atoms with Gasteiger partial charge < -0.3 is 20.5 Å². The minimum absolute atomic E-state index is 0.00251. The average molecular weight is 363 g/mol. The lowest BCUT2D eigenvalue weighted by Crippen LogP contribution is -2.45. The number of hydrogen-bond donors (Lipinski definition) is 2. The lowest BCUT2D eigenvalue weighted by molar-refractivity contribution is -0.127. The molecule has 26 heavy (non-hydrogen) atoms. The van der Waals surface area contributed by atoms with Crippen molar-refractivity contribution in [3.63, 3.8) is 0 Å². The molecule has 146 valence electrons. The summed E-state index contributed by atoms with van der Waals surface area (Å²) in [6, 6.07) is 8.11. The van der Waals surface area contributed by atoms with Gasteiger partial charge in [0.25, 0.3) is 0 Å². The molecule has 1 amide bonds. The van der Waals surface area contributed by atoms with Gasteiger partial charge in [0.15, 0.2) is 0 Å². The molecule has 3 N–H and O–H groups in total. The number of para-hydroxylation sites is 1. The van der Waals surface area contributed by atoms with Gasteiger partial charge in [-0.15, -0.1) is 0 Å². The molecule has 3 atom stereocenters. The van der Waals surface area contributed by atoms with E-state index in [-0.39, 0.29) is 24.0 Å². The Balaban J connectivity index is 1.79. The summed E-state index contributed by atoms with van der Waals surface area (Å²) in [4.78, 5) is 12.4. The zero-order chi connectivity index (χ0) is 18.9. The van der Waals surface area contributed by atoms with E-state index in [2.05, 4.69) is 25.2 Å². The maximum Gasteiger partial charge on any atom is 0.223 e. The van der Waals surface area contributed by atoms with Gasteiger partial charge in [-0.25, -0.2) is 0 Å². The summed E-state index contributed by atoms with van der Waals surface area (Å²) in [6.07, 6.45) is 4.16. The second-order valence-corrected chi connectivity index (χ2v) is 7.63. The van der Waals surface area contributed by atoms with E-state index in [1.54, 1.807) is 7.11 Å². The fourth-order valence-electron chi connectivity index (χ4n) is 3.38. The van der Waals surface area contributed by atoms with E-state index in [1.807, 2.05) is 18.2 Å². The molecule has 0 aromatic heterocycles. The van der Waals surface area contributed by atoms with Crippen molar-refractivity contribution in [3.05, 3.63) is 29.8 Å². The molecule has 5 heteroatoms. The summed E-state index contributed by atoms with van der Waals surface area (Å²) < 4.78 is 11.3. The van der Waals surface area contributed by atoms with Crippen LogP contribution in [0, 0.1) is 11.8 Å². The molecule has 0 unspecified atom stereocenters. The van der Waals surface area contributed by atoms with Crippen molar-refractivity contribution in [1.82, 2.24) is 5.32 Å². The standard InChI is InChI=1S/C21H34N2O3/c1-15(2)11-13-26-19-7-5-4-6-16(19)10-12-23-21(24)17-8-9-18(22)20(14-17)25-3/h4-7,15,17-18,20H,8-14,22H2,1-3H3,(H,23,24)/t17-,18-,20-/m0/s1. The Kier molecular flexibility index (Phi) is 8.39. The van der Waals surface area contributed by atoms with Crippen molar-refractivity contribution in [2.45, 2.75) is 58.1 Å². The van der Waals surface area contributed by atoms with Crippen LogP contribution in [0.1, 0.15) is 45.1 Å². The molecule has 0 radical (unpaired) electrons. The van der Waals surface area contributed by atoms with Crippen LogP contribution >= 0.6 is 0 Å². The first-order valence-electron chi connectivity index (χ1n) is 9.78. The van der Waals surface area contributed by atoms with Gasteiger partial charge >= 0.3 is 0 Å². The molecule has 0 bridgehead atoms. The predicted molar refractivity (Wildman–Crippen MR) is 104 cm³/mol. The highest BCUT2D eigenvalue weighted by molar-refractivity contribution is 5.78. The van der Waals surface area contributed by atoms with Crippen molar-refractivity contribution in [2.24, 2.45) is 17.6 Å². The third-order valence-corrected chi connectivity index (χ3v) is 5.14. The van der Waals surface area contributed by atoms with Crippen LogP contribution in [-0.4, -0.2) is 38.3 Å². The van der Waals surface area contributed by atoms with Crippen LogP contribution in [0.15, 0.2) is 24.3 Å². The highest BCUT2D eigenvalue weighted by atomic mass is 16.5. The van der Waals surface area contributed by atoms with Gasteiger partial charge in [0, 0.05) is 25.6 Å². The zero-order valence-electron chi connectivity index (χ0n) is 16.4. The Morgan fingerprint density at radius 1 is 1.31 bits per heavy atom. The second-order valence-electron chi connectivity index (χ2n) is 7.63. The van der Waals surface area contributed by atoms with Crippen LogP contribution in [0.3, 0.4) is 0 Å². The maximum absolute atomic E-state index is 12.4. The van der Waals surface area contributed by atoms with E-state index < -0.39 is 0 Å². The molecule has 1 fully saturated rings. The molecule has 0 spiro atoms. The van der Waals surface area contributed by atoms with Crippen LogP contribution in [0.25, 0.3) is 0 Å². The Bertz CT molecular complexity index is 562. The number of methoxy groups -OCH3 is 1. The summed E-state index contributed by atoms with van der Waals surface area (Å²) in [7, 11) is 1.67. The third kappa shape index (κ3) is 6.29. The number of nitrogens with one attached hydrogen (secondary N) is 1. The van der Waals surface area contributed by atoms with Gasteiger partial charge in [0.2, 0.25) is 5.91 Å². The normalized spacial score (nSPS) is 23.0. The summed E-state index contributed by atoms with van der Waals surface area (Å²) >= 11 is 0. The Morgan fingerprint density at radius 3 is 2.81 bits per heavy atom. The van der Waals surface area contributed by atoms with Gasteiger partial charge in [-0.2, -0.15) is 0 Å². The topological polar surface area (TPSA) is 73.6 Å². The van der Waals surface area contributed by atoms with E-state index in [9.17, 15) is 4.79 Å². The first kappa shape index (κ1) is 20.7. The van der Waals surface area contributed by atoms with Crippen LogP contribution in [0.2, 0.25) is 0 Å². The van der Waals surface area contributed by atoms with E-state index in [0.717, 1.165) is 43.6 Å². The SMILES string of the molecule is CO[C@H]1C[C@@H](C(=O)NCCc2ccccc2OCCC(C)C)CC[C@@H]1N. The number of carbonyl (C=O) groups is 1. The van der Waals surface area contributed by atoms with Crippen molar-refractivity contribution >= 4 is 5.91 Å². The van der Waals surface area contributed by atoms with E-state index in [1.165, 1.54) is 0 Å². The Morgan fingerprint density at radius 2 is 2.08 bits per heavy atom. The quantitative estimate of drug-likeness (QED) is 0.708. The highest BCUT2D eigenvalue weighted by Crippen LogP contribution is 2.25. The first-order chi connectivity index (χ1) is 12.5. The van der Waals surface area contributed by atoms with E-state index >= 15 is 0 Å². The molecule has 2 rings (SSSR count). The van der Waals surface area contributed by atoms with Crippen molar-refractivity contribution in [3.8, 4) is 5.75 Å². The largest absolute Gasteiger partial charge is 0.493 e. The molecule has 5 nitrogen and oxygen atoms in total. The number of amides is 1. The summed E-state index contributed by atoms with van der Waals surface area (Å²) in [6.45, 7) is 5.72. The Labute approximate surface area is 157 Å². The van der Waals surface area contributed by atoms with Crippen molar-refractivity contribution in [2.75, 3.05) is 20.3 Å². The van der Waals surface area contributed by atoms with Crippen LogP contribution in [-0.2, 0) is 16.0 Å². The monoisotopic (exact) mass is 362 g/mol. The lowest BCUT2D eigenvalue weighted by atomic mass is 9.83. The maximum atomic E-state index is 12.4. The third-order valence-electron chi connectivity index (χ3n) is 5.14. The van der Waals surface area contributed by atoms with Crippen LogP contribution < -0.4 is 15.8 Å². The number of rotatable bonds is 9. The smallest absolute Gasteiger partial charge is 0.223 e.